The molecule has 0 aliphatic carbocycles. The van der Waals surface area contributed by atoms with E-state index in [1.54, 1.807) is 11.5 Å². The second-order valence-corrected chi connectivity index (χ2v) is 5.44. The van der Waals surface area contributed by atoms with Crippen molar-refractivity contribution in [2.24, 2.45) is 0 Å². The number of aryl methyl sites for hydroxylation is 1. The van der Waals surface area contributed by atoms with E-state index in [1.165, 1.54) is 0 Å². The Hall–Kier alpha value is -3.16. The standard InChI is InChI=1S/C17H19N5O3/c1-2-25-17(24)13-14-16(21-12-7-4-3-6-11(12)20-14)22(15(13)18)9-5-8-19-10-23/h3-4,6-7,10H,2,5,8-9,18H2,1H3,(H,19,23). The van der Waals surface area contributed by atoms with Crippen LogP contribution >= 0.6 is 0 Å². The molecule has 1 amide bonds. The zero-order chi connectivity index (χ0) is 17.8. The van der Waals surface area contributed by atoms with Crippen LogP contribution in [0.3, 0.4) is 0 Å². The Morgan fingerprint density at radius 1 is 1.32 bits per heavy atom. The summed E-state index contributed by atoms with van der Waals surface area (Å²) in [6, 6.07) is 7.42. The number of benzene rings is 1. The average molecular weight is 341 g/mol. The number of esters is 1. The summed E-state index contributed by atoms with van der Waals surface area (Å²) < 4.78 is 6.87. The molecule has 0 saturated carbocycles. The number of ether oxygens (including phenoxy) is 1. The number of nitrogen functional groups attached to an aromatic ring is 1. The summed E-state index contributed by atoms with van der Waals surface area (Å²) in [7, 11) is 0. The minimum Gasteiger partial charge on any atom is -0.462 e. The Morgan fingerprint density at radius 2 is 2.04 bits per heavy atom. The number of aromatic nitrogens is 3. The zero-order valence-corrected chi connectivity index (χ0v) is 13.9. The van der Waals surface area contributed by atoms with Crippen LogP contribution in [0.15, 0.2) is 24.3 Å². The molecule has 0 aliphatic heterocycles. The van der Waals surface area contributed by atoms with E-state index < -0.39 is 5.97 Å². The van der Waals surface area contributed by atoms with Gasteiger partial charge in [0.25, 0.3) is 0 Å². The van der Waals surface area contributed by atoms with Crippen LogP contribution < -0.4 is 11.1 Å². The van der Waals surface area contributed by atoms with Crippen molar-refractivity contribution in [1.82, 2.24) is 19.9 Å². The molecule has 3 N–H and O–H groups in total. The van der Waals surface area contributed by atoms with E-state index in [0.717, 1.165) is 5.52 Å². The number of hydrogen-bond donors (Lipinski definition) is 2. The normalized spacial score (nSPS) is 10.9. The maximum Gasteiger partial charge on any atom is 0.344 e. The van der Waals surface area contributed by atoms with Crippen molar-refractivity contribution in [2.45, 2.75) is 19.9 Å². The molecule has 0 radical (unpaired) electrons. The lowest BCUT2D eigenvalue weighted by atomic mass is 10.2. The second kappa shape index (κ2) is 7.16. The third-order valence-electron chi connectivity index (χ3n) is 3.86. The summed E-state index contributed by atoms with van der Waals surface area (Å²) in [5.74, 6) is -0.241. The summed E-state index contributed by atoms with van der Waals surface area (Å²) in [5, 5.41) is 2.60. The number of nitrogens with zero attached hydrogens (tertiary/aromatic N) is 3. The topological polar surface area (TPSA) is 112 Å². The van der Waals surface area contributed by atoms with Gasteiger partial charge >= 0.3 is 5.97 Å². The van der Waals surface area contributed by atoms with Crippen LogP contribution in [0, 0.1) is 0 Å². The van der Waals surface area contributed by atoms with Gasteiger partial charge in [-0.15, -0.1) is 0 Å². The predicted molar refractivity (Wildman–Crippen MR) is 94.1 cm³/mol. The fourth-order valence-corrected chi connectivity index (χ4v) is 2.75. The molecular formula is C17H19N5O3. The van der Waals surface area contributed by atoms with Gasteiger partial charge in [0.05, 0.1) is 17.6 Å². The van der Waals surface area contributed by atoms with Gasteiger partial charge in [0, 0.05) is 13.1 Å². The summed E-state index contributed by atoms with van der Waals surface area (Å²) in [5.41, 5.74) is 8.81. The van der Waals surface area contributed by atoms with E-state index in [9.17, 15) is 9.59 Å². The third kappa shape index (κ3) is 3.10. The SMILES string of the molecule is CCOC(=O)c1c(N)n(CCCNC=O)c2nc3ccccc3nc12. The lowest BCUT2D eigenvalue weighted by molar-refractivity contribution is -0.109. The highest BCUT2D eigenvalue weighted by molar-refractivity contribution is 6.08. The first-order valence-corrected chi connectivity index (χ1v) is 8.06. The van der Waals surface area contributed by atoms with Crippen molar-refractivity contribution in [3.05, 3.63) is 29.8 Å². The Balaban J connectivity index is 2.15. The molecule has 2 aromatic heterocycles. The van der Waals surface area contributed by atoms with Gasteiger partial charge in [-0.2, -0.15) is 0 Å². The van der Waals surface area contributed by atoms with Crippen LogP contribution in [0.4, 0.5) is 5.82 Å². The van der Waals surface area contributed by atoms with Gasteiger partial charge in [-0.3, -0.25) is 4.79 Å². The van der Waals surface area contributed by atoms with Crippen LogP contribution in [0.5, 0.6) is 0 Å². The van der Waals surface area contributed by atoms with E-state index in [0.29, 0.717) is 42.6 Å². The van der Waals surface area contributed by atoms with Crippen LogP contribution in [0.2, 0.25) is 0 Å². The molecule has 25 heavy (non-hydrogen) atoms. The molecule has 0 fully saturated rings. The lowest BCUT2D eigenvalue weighted by Crippen LogP contribution is -2.15. The highest BCUT2D eigenvalue weighted by atomic mass is 16.5. The van der Waals surface area contributed by atoms with Crippen LogP contribution in [-0.4, -0.2) is 40.1 Å². The van der Waals surface area contributed by atoms with Crippen LogP contribution in [0.25, 0.3) is 22.2 Å². The van der Waals surface area contributed by atoms with E-state index in [2.05, 4.69) is 15.3 Å². The smallest absolute Gasteiger partial charge is 0.344 e. The monoisotopic (exact) mass is 341 g/mol. The van der Waals surface area contributed by atoms with Gasteiger partial charge in [0.1, 0.15) is 16.9 Å². The van der Waals surface area contributed by atoms with Crippen molar-refractivity contribution < 1.29 is 14.3 Å². The van der Waals surface area contributed by atoms with Crippen molar-refractivity contribution in [3.8, 4) is 0 Å². The van der Waals surface area contributed by atoms with Crippen molar-refractivity contribution >= 4 is 40.4 Å². The van der Waals surface area contributed by atoms with Gasteiger partial charge in [-0.05, 0) is 25.5 Å². The zero-order valence-electron chi connectivity index (χ0n) is 13.9. The molecule has 1 aromatic carbocycles. The van der Waals surface area contributed by atoms with E-state index >= 15 is 0 Å². The summed E-state index contributed by atoms with van der Waals surface area (Å²) in [4.78, 5) is 31.9. The molecule has 2 heterocycles. The number of carbonyl (C=O) groups is 2. The number of amides is 1. The molecule has 0 bridgehead atoms. The minimum atomic E-state index is -0.514. The van der Waals surface area contributed by atoms with Gasteiger partial charge in [0.15, 0.2) is 5.65 Å². The van der Waals surface area contributed by atoms with Gasteiger partial charge in [0.2, 0.25) is 6.41 Å². The highest BCUT2D eigenvalue weighted by Crippen LogP contribution is 2.28. The Kier molecular flexibility index (Phi) is 4.78. The van der Waals surface area contributed by atoms with Gasteiger partial charge in [-0.1, -0.05) is 12.1 Å². The fourth-order valence-electron chi connectivity index (χ4n) is 2.75. The van der Waals surface area contributed by atoms with E-state index in [-0.39, 0.29) is 18.0 Å². The summed E-state index contributed by atoms with van der Waals surface area (Å²) in [6.07, 6.45) is 1.29. The maximum atomic E-state index is 12.4. The third-order valence-corrected chi connectivity index (χ3v) is 3.86. The first kappa shape index (κ1) is 16.7. The summed E-state index contributed by atoms with van der Waals surface area (Å²) >= 11 is 0. The molecule has 3 aromatic rings. The Bertz CT molecular complexity index is 935. The number of nitrogens with one attached hydrogen (secondary N) is 1. The molecule has 0 atom stereocenters. The number of anilines is 1. The van der Waals surface area contributed by atoms with Gasteiger partial charge < -0.3 is 20.4 Å². The molecule has 0 saturated heterocycles. The number of hydrogen-bond acceptors (Lipinski definition) is 6. The Labute approximate surface area is 144 Å². The highest BCUT2D eigenvalue weighted by Gasteiger charge is 2.24. The van der Waals surface area contributed by atoms with Crippen LogP contribution in [-0.2, 0) is 16.1 Å². The molecule has 0 spiro atoms. The molecule has 130 valence electrons. The van der Waals surface area contributed by atoms with Crippen molar-refractivity contribution in [3.63, 3.8) is 0 Å². The number of nitrogens with two attached hydrogens (primary N) is 1. The lowest BCUT2D eigenvalue weighted by Gasteiger charge is -2.07. The van der Waals surface area contributed by atoms with Crippen molar-refractivity contribution in [1.29, 1.82) is 0 Å². The molecule has 8 nitrogen and oxygen atoms in total. The average Bonchev–Trinajstić information content (AvgIpc) is 2.88. The Morgan fingerprint density at radius 3 is 2.72 bits per heavy atom. The summed E-state index contributed by atoms with van der Waals surface area (Å²) in [6.45, 7) is 2.97. The largest absolute Gasteiger partial charge is 0.462 e. The minimum absolute atomic E-state index is 0.235. The van der Waals surface area contributed by atoms with E-state index in [1.807, 2.05) is 24.3 Å². The molecule has 3 rings (SSSR count). The van der Waals surface area contributed by atoms with Gasteiger partial charge in [-0.25, -0.2) is 14.8 Å². The molecule has 0 unspecified atom stereocenters. The first-order valence-electron chi connectivity index (χ1n) is 8.06. The maximum absolute atomic E-state index is 12.4. The second-order valence-electron chi connectivity index (χ2n) is 5.44. The fraction of sp³-hybridized carbons (Fsp3) is 0.294. The molecule has 0 aliphatic rings. The number of para-hydroxylation sites is 2. The number of fused-ring (bicyclic) bond motifs is 2. The number of rotatable bonds is 7. The van der Waals surface area contributed by atoms with E-state index in [4.69, 9.17) is 10.5 Å². The van der Waals surface area contributed by atoms with Crippen LogP contribution in [0.1, 0.15) is 23.7 Å². The molecular weight excluding hydrogens is 322 g/mol. The number of carbonyl (C=O) groups excluding carboxylic acids is 2. The quantitative estimate of drug-likeness (QED) is 0.382. The predicted octanol–water partition coefficient (Wildman–Crippen LogP) is 1.48. The molecule has 8 heteroatoms. The van der Waals surface area contributed by atoms with Crippen molar-refractivity contribution in [2.75, 3.05) is 18.9 Å². The first-order chi connectivity index (χ1) is 12.2.